The van der Waals surface area contributed by atoms with E-state index in [1.165, 1.54) is 4.90 Å². The molecule has 0 bridgehead atoms. The molecule has 0 aliphatic rings. The third kappa shape index (κ3) is 5.93. The van der Waals surface area contributed by atoms with Gasteiger partial charge in [-0.3, -0.25) is 9.59 Å². The van der Waals surface area contributed by atoms with Gasteiger partial charge in [-0.05, 0) is 34.1 Å². The number of amides is 1. The van der Waals surface area contributed by atoms with Gasteiger partial charge in [0.25, 0.3) is 0 Å². The highest BCUT2D eigenvalue weighted by Crippen LogP contribution is 2.27. The van der Waals surface area contributed by atoms with E-state index in [9.17, 15) is 9.59 Å². The van der Waals surface area contributed by atoms with Crippen LogP contribution >= 0.6 is 27.5 Å². The topological polar surface area (TPSA) is 66.8 Å². The number of carboxylic acid groups (broad SMARTS) is 1. The summed E-state index contributed by atoms with van der Waals surface area (Å²) in [6, 6.07) is 5.12. The number of rotatable bonds is 7. The summed E-state index contributed by atoms with van der Waals surface area (Å²) in [4.78, 5) is 24.0. The number of carbonyl (C=O) groups is 2. The average Bonchev–Trinajstić information content (AvgIpc) is 2.40. The van der Waals surface area contributed by atoms with E-state index in [2.05, 4.69) is 15.9 Å². The first-order valence-electron chi connectivity index (χ1n) is 6.36. The molecule has 1 amide bonds. The van der Waals surface area contributed by atoms with Gasteiger partial charge >= 0.3 is 5.97 Å². The van der Waals surface area contributed by atoms with Crippen LogP contribution in [-0.2, 0) is 9.59 Å². The van der Waals surface area contributed by atoms with E-state index in [4.69, 9.17) is 21.4 Å². The van der Waals surface area contributed by atoms with Gasteiger partial charge in [0, 0.05) is 18.6 Å². The predicted octanol–water partition coefficient (Wildman–Crippen LogP) is 3.05. The molecule has 0 aromatic heterocycles. The van der Waals surface area contributed by atoms with Crippen molar-refractivity contribution < 1.29 is 19.4 Å². The molecule has 1 unspecified atom stereocenters. The highest BCUT2D eigenvalue weighted by molar-refractivity contribution is 9.10. The lowest BCUT2D eigenvalue weighted by molar-refractivity contribution is -0.142. The molecule has 1 rings (SSSR count). The lowest BCUT2D eigenvalue weighted by atomic mass is 10.2. The van der Waals surface area contributed by atoms with E-state index in [0.717, 1.165) is 4.47 Å². The standard InChI is InChI=1S/C14H17BrClNO4/c1-9(14(19)20)8-17(2)13(18)5-6-21-12-4-3-10(16)7-11(12)15/h3-4,7,9H,5-6,8H2,1-2H3,(H,19,20). The van der Waals surface area contributed by atoms with Crippen LogP contribution in [0.4, 0.5) is 0 Å². The monoisotopic (exact) mass is 377 g/mol. The van der Waals surface area contributed by atoms with Crippen LogP contribution in [0.25, 0.3) is 0 Å². The zero-order valence-electron chi connectivity index (χ0n) is 11.8. The van der Waals surface area contributed by atoms with E-state index in [1.807, 2.05) is 0 Å². The number of hydrogen-bond acceptors (Lipinski definition) is 3. The fourth-order valence-electron chi connectivity index (χ4n) is 1.62. The maximum atomic E-state index is 11.9. The van der Waals surface area contributed by atoms with Gasteiger partial charge < -0.3 is 14.7 Å². The highest BCUT2D eigenvalue weighted by atomic mass is 79.9. The summed E-state index contributed by atoms with van der Waals surface area (Å²) in [7, 11) is 1.58. The Labute approximate surface area is 137 Å². The first kappa shape index (κ1) is 17.8. The number of ether oxygens (including phenoxy) is 1. The van der Waals surface area contributed by atoms with Crippen LogP contribution in [0.15, 0.2) is 22.7 Å². The lowest BCUT2D eigenvalue weighted by Crippen LogP contribution is -2.34. The van der Waals surface area contributed by atoms with Crippen LogP contribution < -0.4 is 4.74 Å². The van der Waals surface area contributed by atoms with E-state index < -0.39 is 11.9 Å². The smallest absolute Gasteiger partial charge is 0.308 e. The Bertz CT molecular complexity index is 524. The maximum absolute atomic E-state index is 11.9. The molecule has 7 heteroatoms. The molecular weight excluding hydrogens is 362 g/mol. The second-order valence-electron chi connectivity index (χ2n) is 4.69. The molecule has 0 fully saturated rings. The number of benzene rings is 1. The lowest BCUT2D eigenvalue weighted by Gasteiger charge is -2.19. The number of hydrogen-bond donors (Lipinski definition) is 1. The van der Waals surface area contributed by atoms with Crippen molar-refractivity contribution in [1.29, 1.82) is 0 Å². The minimum atomic E-state index is -0.920. The van der Waals surface area contributed by atoms with Crippen molar-refractivity contribution in [1.82, 2.24) is 4.90 Å². The Balaban J connectivity index is 2.41. The van der Waals surface area contributed by atoms with E-state index in [1.54, 1.807) is 32.2 Å². The van der Waals surface area contributed by atoms with Gasteiger partial charge in [0.05, 0.1) is 23.4 Å². The third-order valence-electron chi connectivity index (χ3n) is 2.86. The van der Waals surface area contributed by atoms with Crippen LogP contribution in [0.5, 0.6) is 5.75 Å². The predicted molar refractivity (Wildman–Crippen MR) is 83.7 cm³/mol. The Morgan fingerprint density at radius 3 is 2.71 bits per heavy atom. The molecule has 1 atom stereocenters. The van der Waals surface area contributed by atoms with Crippen LogP contribution in [0.2, 0.25) is 5.02 Å². The minimum Gasteiger partial charge on any atom is -0.492 e. The summed E-state index contributed by atoms with van der Waals surface area (Å²) in [5.41, 5.74) is 0. The highest BCUT2D eigenvalue weighted by Gasteiger charge is 2.17. The van der Waals surface area contributed by atoms with Gasteiger partial charge in [0.2, 0.25) is 5.91 Å². The van der Waals surface area contributed by atoms with Crippen LogP contribution in [-0.4, -0.2) is 42.1 Å². The Kier molecular flexibility index (Phi) is 6.98. The largest absolute Gasteiger partial charge is 0.492 e. The second kappa shape index (κ2) is 8.24. The zero-order valence-corrected chi connectivity index (χ0v) is 14.1. The molecule has 5 nitrogen and oxygen atoms in total. The van der Waals surface area contributed by atoms with Crippen LogP contribution in [0.3, 0.4) is 0 Å². The molecule has 116 valence electrons. The van der Waals surface area contributed by atoms with Gasteiger partial charge in [-0.2, -0.15) is 0 Å². The minimum absolute atomic E-state index is 0.159. The van der Waals surface area contributed by atoms with Crippen molar-refractivity contribution in [2.45, 2.75) is 13.3 Å². The van der Waals surface area contributed by atoms with Crippen molar-refractivity contribution >= 4 is 39.4 Å². The van der Waals surface area contributed by atoms with Crippen molar-refractivity contribution in [3.8, 4) is 5.75 Å². The van der Waals surface area contributed by atoms with Crippen LogP contribution in [0.1, 0.15) is 13.3 Å². The summed E-state index contributed by atoms with van der Waals surface area (Å²) in [6.07, 6.45) is 0.178. The average molecular weight is 379 g/mol. The molecular formula is C14H17BrClNO4. The van der Waals surface area contributed by atoms with Gasteiger partial charge in [0.15, 0.2) is 0 Å². The normalized spacial score (nSPS) is 11.8. The SMILES string of the molecule is CC(CN(C)C(=O)CCOc1ccc(Cl)cc1Br)C(=O)O. The van der Waals surface area contributed by atoms with Crippen molar-refractivity contribution in [3.05, 3.63) is 27.7 Å². The summed E-state index contributed by atoms with van der Waals surface area (Å²) in [5, 5.41) is 9.40. The van der Waals surface area contributed by atoms with E-state index >= 15 is 0 Å². The summed E-state index contributed by atoms with van der Waals surface area (Å²) >= 11 is 9.14. The molecule has 0 radical (unpaired) electrons. The fraction of sp³-hybridized carbons (Fsp3) is 0.429. The molecule has 0 saturated carbocycles. The summed E-state index contributed by atoms with van der Waals surface area (Å²) in [6.45, 7) is 1.96. The summed E-state index contributed by atoms with van der Waals surface area (Å²) in [5.74, 6) is -1.07. The Hall–Kier alpha value is -1.27. The first-order chi connectivity index (χ1) is 9.81. The number of halogens is 2. The Morgan fingerprint density at radius 1 is 1.48 bits per heavy atom. The van der Waals surface area contributed by atoms with Crippen molar-refractivity contribution in [2.75, 3.05) is 20.2 Å². The van der Waals surface area contributed by atoms with Crippen LogP contribution in [0, 0.1) is 5.92 Å². The molecule has 1 aromatic carbocycles. The van der Waals surface area contributed by atoms with Gasteiger partial charge in [-0.15, -0.1) is 0 Å². The number of aliphatic carboxylic acids is 1. The quantitative estimate of drug-likeness (QED) is 0.792. The summed E-state index contributed by atoms with van der Waals surface area (Å²) < 4.78 is 6.21. The molecule has 0 saturated heterocycles. The van der Waals surface area contributed by atoms with Gasteiger partial charge in [-0.1, -0.05) is 18.5 Å². The molecule has 1 aromatic rings. The number of nitrogens with zero attached hydrogens (tertiary/aromatic N) is 1. The molecule has 0 aliphatic carbocycles. The first-order valence-corrected chi connectivity index (χ1v) is 7.53. The number of carboxylic acids is 1. The molecule has 0 aliphatic heterocycles. The van der Waals surface area contributed by atoms with Gasteiger partial charge in [-0.25, -0.2) is 0 Å². The molecule has 0 heterocycles. The Morgan fingerprint density at radius 2 is 2.14 bits per heavy atom. The maximum Gasteiger partial charge on any atom is 0.308 e. The molecule has 0 spiro atoms. The van der Waals surface area contributed by atoms with E-state index in [-0.39, 0.29) is 25.5 Å². The van der Waals surface area contributed by atoms with Crippen molar-refractivity contribution in [2.24, 2.45) is 5.92 Å². The second-order valence-corrected chi connectivity index (χ2v) is 5.98. The van der Waals surface area contributed by atoms with Gasteiger partial charge in [0.1, 0.15) is 5.75 Å². The zero-order chi connectivity index (χ0) is 16.0. The fourth-order valence-corrected chi connectivity index (χ4v) is 2.42. The number of carbonyl (C=O) groups excluding carboxylic acids is 1. The molecule has 1 N–H and O–H groups in total. The third-order valence-corrected chi connectivity index (χ3v) is 3.72. The van der Waals surface area contributed by atoms with Crippen molar-refractivity contribution in [3.63, 3.8) is 0 Å². The van der Waals surface area contributed by atoms with E-state index in [0.29, 0.717) is 10.8 Å². The molecule has 21 heavy (non-hydrogen) atoms.